The van der Waals surface area contributed by atoms with Crippen LogP contribution in [0, 0.1) is 11.8 Å². The molecule has 7 rings (SSSR count). The third-order valence-electron chi connectivity index (χ3n) is 10.4. The third kappa shape index (κ3) is 10.6. The number of ether oxygens (including phenoxy) is 2. The van der Waals surface area contributed by atoms with Gasteiger partial charge in [-0.3, -0.25) is 34.1 Å². The predicted molar refractivity (Wildman–Crippen MR) is 233 cm³/mol. The van der Waals surface area contributed by atoms with Gasteiger partial charge in [-0.05, 0) is 60.9 Å². The van der Waals surface area contributed by atoms with Gasteiger partial charge in [-0.1, -0.05) is 60.5 Å². The van der Waals surface area contributed by atoms with Crippen molar-refractivity contribution in [2.45, 2.75) is 45.3 Å². The van der Waals surface area contributed by atoms with Crippen molar-refractivity contribution in [1.82, 2.24) is 20.9 Å². The van der Waals surface area contributed by atoms with Crippen LogP contribution >= 0.6 is 0 Å². The minimum atomic E-state index is -0.732. The van der Waals surface area contributed by atoms with Gasteiger partial charge < -0.3 is 41.0 Å². The molecular weight excluding hydrogens is 791 g/mol. The Morgan fingerprint density at radius 2 is 1.63 bits per heavy atom. The highest BCUT2D eigenvalue weighted by Crippen LogP contribution is 2.38. The number of rotatable bonds is 17. The number of nitrogens with zero attached hydrogens (tertiary/aromatic N) is 1. The Bertz CT molecular complexity index is 2460. The maximum absolute atomic E-state index is 13.4. The molecule has 0 saturated carbocycles. The van der Waals surface area contributed by atoms with Gasteiger partial charge >= 0.3 is 0 Å². The van der Waals surface area contributed by atoms with Crippen LogP contribution in [-0.4, -0.2) is 85.9 Å². The van der Waals surface area contributed by atoms with Crippen molar-refractivity contribution < 1.29 is 38.2 Å². The number of nitrogens with one attached hydrogen (secondary N) is 6. The van der Waals surface area contributed by atoms with Crippen LogP contribution in [0.4, 0.5) is 17.1 Å². The molecule has 1 unspecified atom stereocenters. The normalized spacial score (nSPS) is 16.1. The van der Waals surface area contributed by atoms with Gasteiger partial charge in [0.25, 0.3) is 17.7 Å². The third-order valence-corrected chi connectivity index (χ3v) is 10.4. The van der Waals surface area contributed by atoms with Crippen LogP contribution in [0.2, 0.25) is 0 Å². The Labute approximate surface area is 359 Å². The molecule has 0 radical (unpaired) electrons. The molecule has 3 heterocycles. The zero-order valence-corrected chi connectivity index (χ0v) is 34.2. The summed E-state index contributed by atoms with van der Waals surface area (Å²) in [6.07, 6.45) is 0.539. The lowest BCUT2D eigenvalue weighted by molar-refractivity contribution is -0.137. The first-order valence-corrected chi connectivity index (χ1v) is 20.5. The highest BCUT2D eigenvalue weighted by molar-refractivity contribution is 6.37. The first kappa shape index (κ1) is 43.0. The summed E-state index contributed by atoms with van der Waals surface area (Å²) in [5, 5.41) is 17.6. The van der Waals surface area contributed by atoms with E-state index in [9.17, 15) is 28.8 Å². The van der Waals surface area contributed by atoms with Crippen molar-refractivity contribution >= 4 is 63.8 Å². The van der Waals surface area contributed by atoms with E-state index >= 15 is 0 Å². The number of imide groups is 1. The van der Waals surface area contributed by atoms with Gasteiger partial charge in [-0.15, -0.1) is 0 Å². The number of benzene rings is 4. The molecule has 3 aliphatic rings. The summed E-state index contributed by atoms with van der Waals surface area (Å²) in [7, 11) is 0. The molecule has 4 aromatic rings. The second-order valence-corrected chi connectivity index (χ2v) is 14.7. The molecule has 0 bridgehead atoms. The number of anilines is 3. The molecule has 6 amide bonds. The zero-order valence-electron chi connectivity index (χ0n) is 34.2. The summed E-state index contributed by atoms with van der Waals surface area (Å²) >= 11 is 0. The van der Waals surface area contributed by atoms with Crippen LogP contribution in [0.1, 0.15) is 64.4 Å². The predicted octanol–water partition coefficient (Wildman–Crippen LogP) is 4.02. The summed E-state index contributed by atoms with van der Waals surface area (Å²) < 4.78 is 11.3. The van der Waals surface area contributed by atoms with Crippen molar-refractivity contribution in [3.05, 3.63) is 124 Å². The van der Waals surface area contributed by atoms with Crippen LogP contribution in [0.3, 0.4) is 0 Å². The van der Waals surface area contributed by atoms with E-state index < -0.39 is 11.9 Å². The SMILES string of the molecule is CCNC(=O)C#Cc1ccc2c(c1)NC(=O)/C2=C(\Nc1ccc(CNCCOCCOCCC(=O)Nc2cccc3c2CN(C2CCC(=O)NC2=O)C3=O)cc1)c1ccccc1. The van der Waals surface area contributed by atoms with Crippen LogP contribution in [-0.2, 0) is 46.5 Å². The monoisotopic (exact) mass is 837 g/mol. The molecule has 318 valence electrons. The summed E-state index contributed by atoms with van der Waals surface area (Å²) in [6, 6.07) is 27.4. The fourth-order valence-corrected chi connectivity index (χ4v) is 7.35. The number of piperidine rings is 1. The van der Waals surface area contributed by atoms with E-state index in [-0.39, 0.29) is 62.0 Å². The van der Waals surface area contributed by atoms with Crippen LogP contribution in [0.25, 0.3) is 11.3 Å². The van der Waals surface area contributed by atoms with Gasteiger partial charge in [0.2, 0.25) is 17.7 Å². The topological polar surface area (TPSA) is 196 Å². The van der Waals surface area contributed by atoms with E-state index in [1.54, 1.807) is 30.3 Å². The smallest absolute Gasteiger partial charge is 0.296 e. The molecule has 0 spiro atoms. The lowest BCUT2D eigenvalue weighted by Gasteiger charge is -2.29. The Morgan fingerprint density at radius 3 is 2.40 bits per heavy atom. The van der Waals surface area contributed by atoms with Gasteiger partial charge in [-0.2, -0.15) is 0 Å². The molecule has 0 aromatic heterocycles. The number of carbonyl (C=O) groups is 6. The Hall–Kier alpha value is -7.12. The highest BCUT2D eigenvalue weighted by Gasteiger charge is 2.40. The molecule has 1 fully saturated rings. The van der Waals surface area contributed by atoms with Gasteiger partial charge in [0, 0.05) is 72.1 Å². The highest BCUT2D eigenvalue weighted by atomic mass is 16.5. The molecule has 1 saturated heterocycles. The fourth-order valence-electron chi connectivity index (χ4n) is 7.35. The largest absolute Gasteiger partial charge is 0.379 e. The van der Waals surface area contributed by atoms with E-state index in [2.05, 4.69) is 43.7 Å². The average Bonchev–Trinajstić information content (AvgIpc) is 3.78. The van der Waals surface area contributed by atoms with Crippen LogP contribution in [0.5, 0.6) is 0 Å². The molecule has 4 aromatic carbocycles. The Balaban J connectivity index is 0.817. The number of amides is 6. The Morgan fingerprint density at radius 1 is 0.839 bits per heavy atom. The maximum Gasteiger partial charge on any atom is 0.296 e. The van der Waals surface area contributed by atoms with Gasteiger partial charge in [0.1, 0.15) is 6.04 Å². The van der Waals surface area contributed by atoms with Gasteiger partial charge in [-0.25, -0.2) is 0 Å². The molecule has 15 nitrogen and oxygen atoms in total. The van der Waals surface area contributed by atoms with E-state index in [0.717, 1.165) is 22.4 Å². The number of carbonyl (C=O) groups excluding carboxylic acids is 6. The minimum Gasteiger partial charge on any atom is -0.379 e. The number of hydrogen-bond acceptors (Lipinski definition) is 10. The molecule has 62 heavy (non-hydrogen) atoms. The maximum atomic E-state index is 13.4. The lowest BCUT2D eigenvalue weighted by atomic mass is 9.99. The van der Waals surface area contributed by atoms with Gasteiger partial charge in [0.05, 0.1) is 49.8 Å². The van der Waals surface area contributed by atoms with Crippen molar-refractivity contribution in [2.75, 3.05) is 55.5 Å². The summed E-state index contributed by atoms with van der Waals surface area (Å²) in [4.78, 5) is 76.4. The van der Waals surface area contributed by atoms with E-state index in [1.807, 2.05) is 67.6 Å². The zero-order chi connectivity index (χ0) is 43.4. The summed E-state index contributed by atoms with van der Waals surface area (Å²) in [5.74, 6) is 3.42. The summed E-state index contributed by atoms with van der Waals surface area (Å²) in [6.45, 7) is 5.07. The minimum absolute atomic E-state index is 0.109. The molecule has 15 heteroatoms. The standard InChI is InChI=1S/C47H47N7O8/c1-2-49-40(55)19-14-30-13-17-35-38(27-30)52-46(59)43(35)44(32-7-4-3-5-8-32)50-33-15-11-31(12-16-33)28-48-22-24-62-26-25-61-23-21-42(57)51-37-10-6-9-34-36(37)29-54(47(34)60)39-18-20-41(56)53-45(39)58/h3-13,15-17,27,39,48,50H,2,18,20-26,28-29H2,1H3,(H,49,55)(H,51,57)(H,52,59)(H,53,56,58)/b44-43-. The van der Waals surface area contributed by atoms with Crippen molar-refractivity contribution in [2.24, 2.45) is 0 Å². The molecule has 6 N–H and O–H groups in total. The summed E-state index contributed by atoms with van der Waals surface area (Å²) in [5.41, 5.74) is 7.44. The van der Waals surface area contributed by atoms with Crippen molar-refractivity contribution in [3.63, 3.8) is 0 Å². The van der Waals surface area contributed by atoms with Gasteiger partial charge in [0.15, 0.2) is 0 Å². The number of hydrogen-bond donors (Lipinski definition) is 6. The quantitative estimate of drug-likeness (QED) is 0.0392. The van der Waals surface area contributed by atoms with E-state index in [1.165, 1.54) is 4.90 Å². The Kier molecular flexibility index (Phi) is 14.2. The molecular formula is C47H47N7O8. The average molecular weight is 838 g/mol. The molecule has 3 aliphatic heterocycles. The van der Waals surface area contributed by atoms with E-state index in [0.29, 0.717) is 78.8 Å². The second kappa shape index (κ2) is 20.4. The first-order chi connectivity index (χ1) is 30.2. The molecule has 0 aliphatic carbocycles. The lowest BCUT2D eigenvalue weighted by Crippen LogP contribution is -2.52. The van der Waals surface area contributed by atoms with Crippen molar-refractivity contribution in [3.8, 4) is 11.8 Å². The fraction of sp³-hybridized carbons (Fsp3) is 0.277. The van der Waals surface area contributed by atoms with Crippen LogP contribution in [0.15, 0.2) is 91.0 Å². The molecule has 1 atom stereocenters. The second-order valence-electron chi connectivity index (χ2n) is 14.7. The first-order valence-electron chi connectivity index (χ1n) is 20.5. The van der Waals surface area contributed by atoms with Crippen LogP contribution < -0.4 is 31.9 Å². The van der Waals surface area contributed by atoms with E-state index in [4.69, 9.17) is 9.47 Å². The van der Waals surface area contributed by atoms with Crippen molar-refractivity contribution in [1.29, 1.82) is 0 Å². The number of fused-ring (bicyclic) bond motifs is 2.